The molecule has 2 aromatic carbocycles. The fourth-order valence-electron chi connectivity index (χ4n) is 3.00. The Morgan fingerprint density at radius 1 is 1.16 bits per heavy atom. The Morgan fingerprint density at radius 2 is 1.84 bits per heavy atom. The number of benzene rings is 2. The molecule has 10 heteroatoms. The zero-order chi connectivity index (χ0) is 23.2. The third kappa shape index (κ3) is 6.60. The van der Waals surface area contributed by atoms with E-state index in [1.54, 1.807) is 49.4 Å². The van der Waals surface area contributed by atoms with Gasteiger partial charge in [0.2, 0.25) is 21.8 Å². The molecule has 2 amide bonds. The van der Waals surface area contributed by atoms with Crippen LogP contribution in [0.2, 0.25) is 5.02 Å². The SMILES string of the molecule is CNC(=O)[C@H](C)N(Cc1cccc(Cl)c1)C(=O)CN(c1cccc(OC)c1)S(C)(=O)=O. The summed E-state index contributed by atoms with van der Waals surface area (Å²) >= 11 is 6.05. The summed E-state index contributed by atoms with van der Waals surface area (Å²) in [4.78, 5) is 26.8. The van der Waals surface area contributed by atoms with Gasteiger partial charge in [0, 0.05) is 24.7 Å². The minimum Gasteiger partial charge on any atom is -0.497 e. The average molecular weight is 468 g/mol. The Morgan fingerprint density at radius 3 is 2.42 bits per heavy atom. The number of carbonyl (C=O) groups is 2. The number of nitrogens with one attached hydrogen (secondary N) is 1. The molecule has 0 unspecified atom stereocenters. The molecule has 1 atom stereocenters. The number of sulfonamides is 1. The minimum atomic E-state index is -3.79. The van der Waals surface area contributed by atoms with Crippen LogP contribution in [-0.4, -0.2) is 58.1 Å². The number of amides is 2. The fourth-order valence-corrected chi connectivity index (χ4v) is 4.06. The highest BCUT2D eigenvalue weighted by Gasteiger charge is 2.29. The maximum Gasteiger partial charge on any atom is 0.244 e. The van der Waals surface area contributed by atoms with Gasteiger partial charge < -0.3 is 15.0 Å². The second kappa shape index (κ2) is 10.5. The molecule has 31 heavy (non-hydrogen) atoms. The lowest BCUT2D eigenvalue weighted by atomic mass is 10.1. The summed E-state index contributed by atoms with van der Waals surface area (Å²) in [5, 5.41) is 3.01. The Bertz CT molecular complexity index is 1040. The number of hydrogen-bond donors (Lipinski definition) is 1. The molecule has 2 rings (SSSR count). The van der Waals surface area contributed by atoms with Gasteiger partial charge in [0.1, 0.15) is 18.3 Å². The number of halogens is 1. The van der Waals surface area contributed by atoms with E-state index in [1.165, 1.54) is 25.1 Å². The Balaban J connectivity index is 2.39. The topological polar surface area (TPSA) is 96.0 Å². The molecule has 0 aliphatic heterocycles. The first-order valence-electron chi connectivity index (χ1n) is 9.44. The molecule has 0 fully saturated rings. The van der Waals surface area contributed by atoms with E-state index >= 15 is 0 Å². The highest BCUT2D eigenvalue weighted by molar-refractivity contribution is 7.92. The second-order valence-corrected chi connectivity index (χ2v) is 9.26. The second-order valence-electron chi connectivity index (χ2n) is 6.91. The molecule has 0 heterocycles. The summed E-state index contributed by atoms with van der Waals surface area (Å²) in [5.74, 6) is -0.458. The Hall–Kier alpha value is -2.78. The normalized spacial score (nSPS) is 12.0. The van der Waals surface area contributed by atoms with Gasteiger partial charge in [-0.2, -0.15) is 0 Å². The van der Waals surface area contributed by atoms with Crippen molar-refractivity contribution in [3.05, 3.63) is 59.1 Å². The van der Waals surface area contributed by atoms with Crippen molar-refractivity contribution in [1.82, 2.24) is 10.2 Å². The zero-order valence-corrected chi connectivity index (χ0v) is 19.4. The van der Waals surface area contributed by atoms with Gasteiger partial charge in [-0.15, -0.1) is 0 Å². The van der Waals surface area contributed by atoms with Gasteiger partial charge in [-0.3, -0.25) is 13.9 Å². The van der Waals surface area contributed by atoms with Crippen molar-refractivity contribution in [3.63, 3.8) is 0 Å². The van der Waals surface area contributed by atoms with E-state index in [9.17, 15) is 18.0 Å². The third-order valence-corrected chi connectivity index (χ3v) is 6.05. The van der Waals surface area contributed by atoms with E-state index in [0.29, 0.717) is 16.3 Å². The first kappa shape index (κ1) is 24.5. The Labute approximate surface area is 187 Å². The van der Waals surface area contributed by atoms with Crippen LogP contribution in [0, 0.1) is 0 Å². The molecule has 0 saturated carbocycles. The van der Waals surface area contributed by atoms with Gasteiger partial charge in [0.05, 0.1) is 19.1 Å². The van der Waals surface area contributed by atoms with E-state index < -0.39 is 28.5 Å². The predicted molar refractivity (Wildman–Crippen MR) is 121 cm³/mol. The summed E-state index contributed by atoms with van der Waals surface area (Å²) in [7, 11) is -0.857. The van der Waals surface area contributed by atoms with Crippen molar-refractivity contribution in [1.29, 1.82) is 0 Å². The zero-order valence-electron chi connectivity index (χ0n) is 17.8. The highest BCUT2D eigenvalue weighted by atomic mass is 35.5. The summed E-state index contributed by atoms with van der Waals surface area (Å²) in [6.45, 7) is 1.19. The first-order chi connectivity index (χ1) is 14.6. The molecule has 1 N–H and O–H groups in total. The Kier molecular flexibility index (Phi) is 8.29. The molecule has 0 spiro atoms. The van der Waals surface area contributed by atoms with E-state index in [2.05, 4.69) is 5.32 Å². The van der Waals surface area contributed by atoms with Crippen LogP contribution in [0.4, 0.5) is 5.69 Å². The van der Waals surface area contributed by atoms with Crippen molar-refractivity contribution in [2.24, 2.45) is 0 Å². The van der Waals surface area contributed by atoms with Crippen LogP contribution in [0.1, 0.15) is 12.5 Å². The van der Waals surface area contributed by atoms with E-state index in [-0.39, 0.29) is 18.1 Å². The number of carbonyl (C=O) groups excluding carboxylic acids is 2. The largest absolute Gasteiger partial charge is 0.497 e. The number of anilines is 1. The molecule has 0 radical (unpaired) electrons. The van der Waals surface area contributed by atoms with E-state index in [4.69, 9.17) is 16.3 Å². The highest BCUT2D eigenvalue weighted by Crippen LogP contribution is 2.24. The summed E-state index contributed by atoms with van der Waals surface area (Å²) in [6, 6.07) is 12.5. The van der Waals surface area contributed by atoms with Crippen molar-refractivity contribution in [3.8, 4) is 5.75 Å². The summed E-state index contributed by atoms with van der Waals surface area (Å²) in [5.41, 5.74) is 0.995. The molecule has 0 bridgehead atoms. The minimum absolute atomic E-state index is 0.0870. The van der Waals surface area contributed by atoms with Crippen LogP contribution in [0.3, 0.4) is 0 Å². The lowest BCUT2D eigenvalue weighted by molar-refractivity contribution is -0.139. The van der Waals surface area contributed by atoms with Crippen molar-refractivity contribution >= 4 is 39.1 Å². The maximum absolute atomic E-state index is 13.3. The van der Waals surface area contributed by atoms with Crippen LogP contribution >= 0.6 is 11.6 Å². The molecule has 0 aromatic heterocycles. The molecule has 168 valence electrons. The number of methoxy groups -OCH3 is 1. The predicted octanol–water partition coefficient (Wildman–Crippen LogP) is 2.28. The van der Waals surface area contributed by atoms with Gasteiger partial charge in [-0.05, 0) is 36.8 Å². The van der Waals surface area contributed by atoms with Crippen LogP contribution in [-0.2, 0) is 26.2 Å². The summed E-state index contributed by atoms with van der Waals surface area (Å²) < 4.78 is 31.1. The molecule has 0 aliphatic carbocycles. The molecule has 0 aliphatic rings. The molecule has 2 aromatic rings. The van der Waals surface area contributed by atoms with Gasteiger partial charge in [0.15, 0.2) is 0 Å². The van der Waals surface area contributed by atoms with Gasteiger partial charge in [0.25, 0.3) is 0 Å². The quantitative estimate of drug-likeness (QED) is 0.610. The van der Waals surface area contributed by atoms with Crippen LogP contribution in [0.5, 0.6) is 5.75 Å². The first-order valence-corrected chi connectivity index (χ1v) is 11.7. The van der Waals surface area contributed by atoms with E-state index in [1.807, 2.05) is 0 Å². The van der Waals surface area contributed by atoms with Crippen LogP contribution < -0.4 is 14.4 Å². The fraction of sp³-hybridized carbons (Fsp3) is 0.333. The van der Waals surface area contributed by atoms with E-state index in [0.717, 1.165) is 10.6 Å². The molecular formula is C21H26ClN3O5S. The van der Waals surface area contributed by atoms with Gasteiger partial charge in [-0.1, -0.05) is 29.8 Å². The average Bonchev–Trinajstić information content (AvgIpc) is 2.73. The maximum atomic E-state index is 13.3. The lowest BCUT2D eigenvalue weighted by Crippen LogP contribution is -2.50. The van der Waals surface area contributed by atoms with Gasteiger partial charge in [-0.25, -0.2) is 8.42 Å². The third-order valence-electron chi connectivity index (χ3n) is 4.68. The molecule has 0 saturated heterocycles. The number of hydrogen-bond acceptors (Lipinski definition) is 5. The van der Waals surface area contributed by atoms with Crippen LogP contribution in [0.25, 0.3) is 0 Å². The standard InChI is InChI=1S/C21H26ClN3O5S/c1-15(21(27)23-2)24(13-16-7-5-8-17(22)11-16)20(26)14-25(31(4,28)29)18-9-6-10-19(12-18)30-3/h5-12,15H,13-14H2,1-4H3,(H,23,27)/t15-/m0/s1. The van der Waals surface area contributed by atoms with Crippen molar-refractivity contribution < 1.29 is 22.7 Å². The smallest absolute Gasteiger partial charge is 0.244 e. The summed E-state index contributed by atoms with van der Waals surface area (Å²) in [6.07, 6.45) is 1.02. The lowest BCUT2D eigenvalue weighted by Gasteiger charge is -2.31. The number of rotatable bonds is 9. The molecule has 8 nitrogen and oxygen atoms in total. The monoisotopic (exact) mass is 467 g/mol. The molecular weight excluding hydrogens is 442 g/mol. The number of likely N-dealkylation sites (N-methyl/N-ethyl adjacent to an activating group) is 1. The van der Waals surface area contributed by atoms with Gasteiger partial charge >= 0.3 is 0 Å². The number of ether oxygens (including phenoxy) is 1. The van der Waals surface area contributed by atoms with Crippen LogP contribution in [0.15, 0.2) is 48.5 Å². The van der Waals surface area contributed by atoms with Crippen molar-refractivity contribution in [2.45, 2.75) is 19.5 Å². The van der Waals surface area contributed by atoms with Crippen molar-refractivity contribution in [2.75, 3.05) is 31.3 Å². The number of nitrogens with zero attached hydrogens (tertiary/aromatic N) is 2.